The number of nitrogens with zero attached hydrogens (tertiary/aromatic N) is 3. The summed E-state index contributed by atoms with van der Waals surface area (Å²) < 4.78 is 24.2. The van der Waals surface area contributed by atoms with Crippen molar-refractivity contribution >= 4 is 23.6 Å². The summed E-state index contributed by atoms with van der Waals surface area (Å²) in [7, 11) is 3.06. The number of carbonyl (C=O) groups excluding carboxylic acids is 2. The van der Waals surface area contributed by atoms with Crippen LogP contribution in [-0.2, 0) is 9.53 Å². The van der Waals surface area contributed by atoms with Crippen molar-refractivity contribution in [3.05, 3.63) is 41.8 Å². The van der Waals surface area contributed by atoms with E-state index < -0.39 is 17.7 Å². The van der Waals surface area contributed by atoms with E-state index in [1.165, 1.54) is 24.1 Å². The van der Waals surface area contributed by atoms with Gasteiger partial charge in [-0.15, -0.1) is 0 Å². The first-order valence-corrected chi connectivity index (χ1v) is 12.7. The molecule has 3 rings (SSSR count). The number of hydrogen-bond donors (Lipinski definition) is 2. The van der Waals surface area contributed by atoms with E-state index in [9.17, 15) is 14.0 Å². The van der Waals surface area contributed by atoms with Gasteiger partial charge in [-0.1, -0.05) is 24.3 Å². The van der Waals surface area contributed by atoms with Crippen LogP contribution < -0.4 is 15.4 Å². The third kappa shape index (κ3) is 8.33. The minimum absolute atomic E-state index is 0.0407. The fourth-order valence-electron chi connectivity index (χ4n) is 3.98. The lowest BCUT2D eigenvalue weighted by Gasteiger charge is -2.31. The molecule has 0 spiro atoms. The molecule has 1 aliphatic rings. The zero-order valence-electron chi connectivity index (χ0n) is 22.8. The molecule has 204 valence electrons. The zero-order chi connectivity index (χ0) is 27.9. The van der Waals surface area contributed by atoms with Gasteiger partial charge in [0.25, 0.3) is 0 Å². The van der Waals surface area contributed by atoms with Gasteiger partial charge in [0.05, 0.1) is 13.3 Å². The van der Waals surface area contributed by atoms with E-state index in [1.807, 2.05) is 0 Å². The molecule has 10 heteroatoms. The molecular weight excluding hydrogens is 489 g/mol. The van der Waals surface area contributed by atoms with E-state index in [0.29, 0.717) is 23.6 Å². The first-order valence-electron chi connectivity index (χ1n) is 12.7. The predicted octanol–water partition coefficient (Wildman–Crippen LogP) is 4.65. The summed E-state index contributed by atoms with van der Waals surface area (Å²) >= 11 is 0. The maximum Gasteiger partial charge on any atom is 0.410 e. The fourth-order valence-corrected chi connectivity index (χ4v) is 3.98. The summed E-state index contributed by atoms with van der Waals surface area (Å²) in [5.74, 6) is 6.45. The third-order valence-electron chi connectivity index (χ3n) is 6.10. The van der Waals surface area contributed by atoms with Crippen LogP contribution in [0, 0.1) is 23.6 Å². The lowest BCUT2D eigenvalue weighted by molar-refractivity contribution is -0.126. The Morgan fingerprint density at radius 1 is 1.26 bits per heavy atom. The molecule has 0 radical (unpaired) electrons. The number of ether oxygens (including phenoxy) is 2. The van der Waals surface area contributed by atoms with Crippen molar-refractivity contribution in [3.63, 3.8) is 0 Å². The molecule has 1 heterocycles. The van der Waals surface area contributed by atoms with Crippen LogP contribution in [0.3, 0.4) is 0 Å². The molecule has 1 aromatic carbocycles. The number of halogens is 1. The van der Waals surface area contributed by atoms with Gasteiger partial charge in [0.15, 0.2) is 0 Å². The summed E-state index contributed by atoms with van der Waals surface area (Å²) in [4.78, 5) is 35.0. The van der Waals surface area contributed by atoms with E-state index in [1.54, 1.807) is 53.1 Å². The van der Waals surface area contributed by atoms with E-state index >= 15 is 0 Å². The van der Waals surface area contributed by atoms with Gasteiger partial charge in [-0.25, -0.2) is 14.2 Å². The molecule has 1 aromatic heterocycles. The second-order valence-corrected chi connectivity index (χ2v) is 10.4. The topological polar surface area (TPSA) is 106 Å². The van der Waals surface area contributed by atoms with Crippen molar-refractivity contribution in [1.29, 1.82) is 0 Å². The molecule has 0 bridgehead atoms. The number of benzene rings is 1. The number of nitrogens with one attached hydrogen (secondary N) is 2. The van der Waals surface area contributed by atoms with Gasteiger partial charge < -0.3 is 20.1 Å². The number of carbonyl (C=O) groups is 2. The number of hydrogen-bond acceptors (Lipinski definition) is 7. The Kier molecular flexibility index (Phi) is 9.50. The average Bonchev–Trinajstić information content (AvgIpc) is 2.86. The summed E-state index contributed by atoms with van der Waals surface area (Å²) in [5, 5.41) is 6.01. The van der Waals surface area contributed by atoms with Crippen molar-refractivity contribution in [2.75, 3.05) is 19.5 Å². The Bertz CT molecular complexity index is 1200. The lowest BCUT2D eigenvalue weighted by atomic mass is 9.86. The molecule has 1 saturated carbocycles. The van der Waals surface area contributed by atoms with Gasteiger partial charge in [0.1, 0.15) is 23.0 Å². The van der Waals surface area contributed by atoms with Crippen molar-refractivity contribution in [3.8, 4) is 17.7 Å². The van der Waals surface area contributed by atoms with Crippen molar-refractivity contribution in [2.45, 2.75) is 71.1 Å². The minimum atomic E-state index is -0.669. The highest BCUT2D eigenvalue weighted by Crippen LogP contribution is 2.25. The summed E-state index contributed by atoms with van der Waals surface area (Å²) in [6.07, 6.45) is 4.40. The second kappa shape index (κ2) is 12.6. The highest BCUT2D eigenvalue weighted by molar-refractivity contribution is 5.85. The Hall–Kier alpha value is -3.87. The molecule has 0 unspecified atom stereocenters. The summed E-state index contributed by atoms with van der Waals surface area (Å²) in [6.45, 7) is 7.03. The smallest absolute Gasteiger partial charge is 0.410 e. The molecule has 2 amide bonds. The monoisotopic (exact) mass is 525 g/mol. The molecule has 9 nitrogen and oxygen atoms in total. The summed E-state index contributed by atoms with van der Waals surface area (Å²) in [6, 6.07) is 5.29. The Morgan fingerprint density at radius 2 is 2.03 bits per heavy atom. The van der Waals surface area contributed by atoms with Crippen LogP contribution in [0.2, 0.25) is 0 Å². The normalized spacial score (nSPS) is 17.9. The first kappa shape index (κ1) is 28.7. The predicted molar refractivity (Wildman–Crippen MR) is 142 cm³/mol. The van der Waals surface area contributed by atoms with Crippen LogP contribution in [0.25, 0.3) is 0 Å². The Labute approximate surface area is 223 Å². The quantitative estimate of drug-likeness (QED) is 0.529. The number of anilines is 2. The lowest BCUT2D eigenvalue weighted by Crippen LogP contribution is -2.50. The fraction of sp³-hybridized carbons (Fsp3) is 0.500. The number of amides is 2. The number of methoxy groups -OCH3 is 1. The molecule has 2 aromatic rings. The first-order chi connectivity index (χ1) is 17.9. The zero-order valence-corrected chi connectivity index (χ0v) is 22.8. The number of likely N-dealkylation sites (N-methyl/N-ethyl adjacent to an activating group) is 1. The minimum Gasteiger partial charge on any atom is -0.480 e. The highest BCUT2D eigenvalue weighted by Gasteiger charge is 2.29. The largest absolute Gasteiger partial charge is 0.480 e. The molecule has 1 aliphatic carbocycles. The molecule has 3 atom stereocenters. The Morgan fingerprint density at radius 3 is 2.71 bits per heavy atom. The van der Waals surface area contributed by atoms with E-state index in [-0.39, 0.29) is 29.6 Å². The molecule has 38 heavy (non-hydrogen) atoms. The SMILES string of the molecule is COc1nc(Nc2cccc(F)c2)ncc1C#C[C@@H]1CCC[C@H](NC(=O)[C@H](C)N(C)C(=O)OC(C)(C)C)C1. The van der Waals surface area contributed by atoms with Crippen molar-refractivity contribution in [2.24, 2.45) is 5.92 Å². The molecule has 0 saturated heterocycles. The number of rotatable bonds is 6. The van der Waals surface area contributed by atoms with E-state index in [2.05, 4.69) is 32.4 Å². The molecule has 0 aliphatic heterocycles. The van der Waals surface area contributed by atoms with Gasteiger partial charge in [0.2, 0.25) is 17.7 Å². The molecule has 1 fully saturated rings. The third-order valence-corrected chi connectivity index (χ3v) is 6.10. The second-order valence-electron chi connectivity index (χ2n) is 10.4. The maximum atomic E-state index is 13.4. The van der Waals surface area contributed by atoms with Gasteiger partial charge in [0, 0.05) is 24.7 Å². The van der Waals surface area contributed by atoms with Gasteiger partial charge >= 0.3 is 6.09 Å². The van der Waals surface area contributed by atoms with Crippen LogP contribution in [0.4, 0.5) is 20.8 Å². The standard InChI is InChI=1S/C28H36FN5O4/c1-18(34(5)27(36)38-28(2,3)4)24(35)31-22-11-7-9-19(15-22)13-14-20-17-30-26(33-25(20)37-6)32-23-12-8-10-21(29)16-23/h8,10,12,16-19,22H,7,9,11,15H2,1-6H3,(H,31,35)(H,30,32,33)/t18-,19-,22-/m0/s1. The van der Waals surface area contributed by atoms with Crippen LogP contribution in [0.5, 0.6) is 5.88 Å². The van der Waals surface area contributed by atoms with E-state index in [0.717, 1.165) is 19.3 Å². The molecular formula is C28H36FN5O4. The van der Waals surface area contributed by atoms with Crippen molar-refractivity contribution in [1.82, 2.24) is 20.2 Å². The number of aromatic nitrogens is 2. The molecule has 2 N–H and O–H groups in total. The van der Waals surface area contributed by atoms with Gasteiger partial charge in [-0.2, -0.15) is 4.98 Å². The van der Waals surface area contributed by atoms with Crippen LogP contribution >= 0.6 is 0 Å². The van der Waals surface area contributed by atoms with Crippen molar-refractivity contribution < 1.29 is 23.5 Å². The van der Waals surface area contributed by atoms with E-state index in [4.69, 9.17) is 9.47 Å². The summed E-state index contributed by atoms with van der Waals surface area (Å²) in [5.41, 5.74) is 0.423. The van der Waals surface area contributed by atoms with Crippen LogP contribution in [-0.4, -0.2) is 58.7 Å². The van der Waals surface area contributed by atoms with Crippen LogP contribution in [0.15, 0.2) is 30.5 Å². The average molecular weight is 526 g/mol. The Balaban J connectivity index is 1.60. The van der Waals surface area contributed by atoms with Gasteiger partial charge in [-0.05, 0) is 65.2 Å². The van der Waals surface area contributed by atoms with Gasteiger partial charge in [-0.3, -0.25) is 9.69 Å². The maximum absolute atomic E-state index is 13.4. The highest BCUT2D eigenvalue weighted by atomic mass is 19.1. The van der Waals surface area contributed by atoms with Crippen LogP contribution in [0.1, 0.15) is 58.9 Å².